The Morgan fingerprint density at radius 1 is 1.12 bits per heavy atom. The molecule has 4 aromatic rings. The number of rotatable bonds is 4. The molecule has 1 amide bonds. The van der Waals surface area contributed by atoms with Gasteiger partial charge in [-0.2, -0.15) is 0 Å². The molecule has 0 radical (unpaired) electrons. The Morgan fingerprint density at radius 2 is 1.88 bits per heavy atom. The summed E-state index contributed by atoms with van der Waals surface area (Å²) in [6.45, 7) is 4.25. The van der Waals surface area contributed by atoms with Gasteiger partial charge in [0, 0.05) is 15.8 Å². The van der Waals surface area contributed by atoms with E-state index in [9.17, 15) is 9.59 Å². The van der Waals surface area contributed by atoms with Gasteiger partial charge in [-0.3, -0.25) is 4.79 Å². The standard InChI is InChI=1S/C28H26N2O3S/c1-16-12-13-20-24(14-16)34-27(25(20)28(32)33-3)30-26(31)21-15-23(18-9-5-4-8-17(18)2)29-22-11-7-6-10-19(21)22/h4-11,15-16H,12-14H2,1-3H3,(H,30,31)/t16-/m0/s1. The second-order valence-electron chi connectivity index (χ2n) is 8.89. The zero-order chi connectivity index (χ0) is 23.8. The predicted octanol–water partition coefficient (Wildman–Crippen LogP) is 6.44. The number of nitrogens with zero attached hydrogens (tertiary/aromatic N) is 1. The van der Waals surface area contributed by atoms with Gasteiger partial charge in [0.1, 0.15) is 5.00 Å². The first-order chi connectivity index (χ1) is 16.5. The third-order valence-corrected chi connectivity index (χ3v) is 7.68. The van der Waals surface area contributed by atoms with Gasteiger partial charge in [0.15, 0.2) is 0 Å². The van der Waals surface area contributed by atoms with E-state index in [0.717, 1.165) is 57.4 Å². The average molecular weight is 471 g/mol. The fourth-order valence-electron chi connectivity index (χ4n) is 4.69. The van der Waals surface area contributed by atoms with E-state index in [1.165, 1.54) is 18.4 Å². The van der Waals surface area contributed by atoms with E-state index in [-0.39, 0.29) is 5.91 Å². The van der Waals surface area contributed by atoms with Crippen LogP contribution in [0.4, 0.5) is 5.00 Å². The minimum atomic E-state index is -0.400. The topological polar surface area (TPSA) is 68.3 Å². The van der Waals surface area contributed by atoms with Crippen LogP contribution in [0.15, 0.2) is 54.6 Å². The van der Waals surface area contributed by atoms with Gasteiger partial charge >= 0.3 is 5.97 Å². The highest BCUT2D eigenvalue weighted by molar-refractivity contribution is 7.17. The zero-order valence-corrected chi connectivity index (χ0v) is 20.3. The molecule has 0 saturated carbocycles. The number of esters is 1. The van der Waals surface area contributed by atoms with Crippen molar-refractivity contribution in [3.63, 3.8) is 0 Å². The number of anilines is 1. The van der Waals surface area contributed by atoms with Gasteiger partial charge in [-0.05, 0) is 55.4 Å². The van der Waals surface area contributed by atoms with E-state index in [1.54, 1.807) is 0 Å². The molecule has 0 unspecified atom stereocenters. The lowest BCUT2D eigenvalue weighted by atomic mass is 9.88. The maximum absolute atomic E-state index is 13.7. The third-order valence-electron chi connectivity index (χ3n) is 6.51. The van der Waals surface area contributed by atoms with Crippen LogP contribution in [0.5, 0.6) is 0 Å². The fraction of sp³-hybridized carbons (Fsp3) is 0.250. The second kappa shape index (κ2) is 9.03. The summed E-state index contributed by atoms with van der Waals surface area (Å²) in [5, 5.41) is 4.38. The quantitative estimate of drug-likeness (QED) is 0.349. The highest BCUT2D eigenvalue weighted by Gasteiger charge is 2.29. The van der Waals surface area contributed by atoms with E-state index in [1.807, 2.05) is 61.5 Å². The van der Waals surface area contributed by atoms with Crippen molar-refractivity contribution >= 4 is 39.1 Å². The Bertz CT molecular complexity index is 1420. The maximum atomic E-state index is 13.7. The Balaban J connectivity index is 1.60. The van der Waals surface area contributed by atoms with Crippen molar-refractivity contribution < 1.29 is 14.3 Å². The molecule has 172 valence electrons. The SMILES string of the molecule is COC(=O)c1c(NC(=O)c2cc(-c3ccccc3C)nc3ccccc23)sc2c1CC[C@H](C)C2. The summed E-state index contributed by atoms with van der Waals surface area (Å²) >= 11 is 1.49. The molecule has 2 aromatic heterocycles. The number of fused-ring (bicyclic) bond motifs is 2. The van der Waals surface area contributed by atoms with Crippen LogP contribution in [0.25, 0.3) is 22.2 Å². The lowest BCUT2D eigenvalue weighted by Crippen LogP contribution is -2.16. The smallest absolute Gasteiger partial charge is 0.341 e. The van der Waals surface area contributed by atoms with Crippen molar-refractivity contribution in [1.82, 2.24) is 4.98 Å². The number of methoxy groups -OCH3 is 1. The molecule has 1 atom stereocenters. The number of aromatic nitrogens is 1. The van der Waals surface area contributed by atoms with Crippen molar-refractivity contribution in [1.29, 1.82) is 0 Å². The second-order valence-corrected chi connectivity index (χ2v) is 9.99. The largest absolute Gasteiger partial charge is 0.465 e. The number of thiophene rings is 1. The summed E-state index contributed by atoms with van der Waals surface area (Å²) in [5.74, 6) is -0.103. The van der Waals surface area contributed by atoms with Crippen molar-refractivity contribution in [2.45, 2.75) is 33.1 Å². The lowest BCUT2D eigenvalue weighted by molar-refractivity contribution is 0.0601. The van der Waals surface area contributed by atoms with Crippen LogP contribution in [-0.2, 0) is 17.6 Å². The number of carbonyl (C=O) groups excluding carboxylic acids is 2. The molecule has 5 nitrogen and oxygen atoms in total. The molecular weight excluding hydrogens is 444 g/mol. The highest BCUT2D eigenvalue weighted by atomic mass is 32.1. The molecule has 0 spiro atoms. The summed E-state index contributed by atoms with van der Waals surface area (Å²) in [4.78, 5) is 32.3. The highest BCUT2D eigenvalue weighted by Crippen LogP contribution is 2.40. The van der Waals surface area contributed by atoms with Crippen LogP contribution >= 0.6 is 11.3 Å². The first kappa shape index (κ1) is 22.3. The van der Waals surface area contributed by atoms with Crippen LogP contribution in [0, 0.1) is 12.8 Å². The number of amides is 1. The first-order valence-corrected chi connectivity index (χ1v) is 12.3. The first-order valence-electron chi connectivity index (χ1n) is 11.5. The van der Waals surface area contributed by atoms with E-state index in [2.05, 4.69) is 12.2 Å². The summed E-state index contributed by atoms with van der Waals surface area (Å²) in [5.41, 5.74) is 5.61. The zero-order valence-electron chi connectivity index (χ0n) is 19.5. The number of aryl methyl sites for hydroxylation is 1. The van der Waals surface area contributed by atoms with Crippen molar-refractivity contribution in [2.24, 2.45) is 5.92 Å². The van der Waals surface area contributed by atoms with Gasteiger partial charge in [-0.25, -0.2) is 9.78 Å². The Labute approximate surface area is 202 Å². The Kier molecular flexibility index (Phi) is 5.92. The summed E-state index contributed by atoms with van der Waals surface area (Å²) in [6.07, 6.45) is 2.76. The molecule has 0 fully saturated rings. The molecule has 1 aliphatic carbocycles. The molecule has 0 bridgehead atoms. The fourth-order valence-corrected chi connectivity index (χ4v) is 6.08. The summed E-state index contributed by atoms with van der Waals surface area (Å²) in [7, 11) is 1.38. The van der Waals surface area contributed by atoms with Crippen LogP contribution < -0.4 is 5.32 Å². The maximum Gasteiger partial charge on any atom is 0.341 e. The van der Waals surface area contributed by atoms with E-state index in [0.29, 0.717) is 22.0 Å². The van der Waals surface area contributed by atoms with Gasteiger partial charge in [-0.1, -0.05) is 49.4 Å². The molecule has 0 saturated heterocycles. The normalized spacial score (nSPS) is 15.1. The lowest BCUT2D eigenvalue weighted by Gasteiger charge is -2.18. The molecule has 0 aliphatic heterocycles. The number of pyridine rings is 1. The number of benzene rings is 2. The van der Waals surface area contributed by atoms with Gasteiger partial charge in [0.05, 0.1) is 29.4 Å². The van der Waals surface area contributed by atoms with Crippen molar-refractivity contribution in [3.05, 3.63) is 81.7 Å². The Hall–Kier alpha value is -3.51. The van der Waals surface area contributed by atoms with Crippen LogP contribution in [-0.4, -0.2) is 24.0 Å². The summed E-state index contributed by atoms with van der Waals surface area (Å²) < 4.78 is 5.08. The van der Waals surface area contributed by atoms with E-state index in [4.69, 9.17) is 9.72 Å². The van der Waals surface area contributed by atoms with E-state index >= 15 is 0 Å². The molecule has 1 aliphatic rings. The molecule has 2 aromatic carbocycles. The number of para-hydroxylation sites is 1. The Morgan fingerprint density at radius 3 is 2.68 bits per heavy atom. The molecule has 5 rings (SSSR count). The number of ether oxygens (including phenoxy) is 1. The van der Waals surface area contributed by atoms with Gasteiger partial charge in [-0.15, -0.1) is 11.3 Å². The molecule has 6 heteroatoms. The van der Waals surface area contributed by atoms with Crippen LogP contribution in [0.1, 0.15) is 50.1 Å². The minimum absolute atomic E-state index is 0.259. The van der Waals surface area contributed by atoms with Crippen LogP contribution in [0.3, 0.4) is 0 Å². The van der Waals surface area contributed by atoms with Gasteiger partial charge < -0.3 is 10.1 Å². The number of nitrogens with one attached hydrogen (secondary N) is 1. The summed E-state index contributed by atoms with van der Waals surface area (Å²) in [6, 6.07) is 17.5. The predicted molar refractivity (Wildman–Crippen MR) is 137 cm³/mol. The van der Waals surface area contributed by atoms with Gasteiger partial charge in [0.2, 0.25) is 0 Å². The molecular formula is C28H26N2O3S. The number of hydrogen-bond donors (Lipinski definition) is 1. The monoisotopic (exact) mass is 470 g/mol. The van der Waals surface area contributed by atoms with Crippen molar-refractivity contribution in [2.75, 3.05) is 12.4 Å². The molecule has 1 N–H and O–H groups in total. The van der Waals surface area contributed by atoms with Crippen molar-refractivity contribution in [3.8, 4) is 11.3 Å². The molecule has 34 heavy (non-hydrogen) atoms. The minimum Gasteiger partial charge on any atom is -0.465 e. The number of hydrogen-bond acceptors (Lipinski definition) is 5. The molecule has 2 heterocycles. The number of carbonyl (C=O) groups is 2. The van der Waals surface area contributed by atoms with Gasteiger partial charge in [0.25, 0.3) is 5.91 Å². The third kappa shape index (κ3) is 3.99. The van der Waals surface area contributed by atoms with Crippen LogP contribution in [0.2, 0.25) is 0 Å². The van der Waals surface area contributed by atoms with E-state index < -0.39 is 5.97 Å². The average Bonchev–Trinajstić information content (AvgIpc) is 3.19.